The van der Waals surface area contributed by atoms with Crippen LogP contribution in [0, 0.1) is 0 Å². The first-order valence-electron chi connectivity index (χ1n) is 39.9. The number of Topliss-reactive ketones (excluding diaryl/α,β-unsaturated/α-hetero) is 2. The maximum Gasteiger partial charge on any atom is 0.262 e. The number of nitrogens with zero attached hydrogens (tertiary/aromatic N) is 4. The summed E-state index contributed by atoms with van der Waals surface area (Å²) in [5.41, 5.74) is 5.14. The number of fused-ring (bicyclic) bond motifs is 2. The summed E-state index contributed by atoms with van der Waals surface area (Å²) in [7, 11) is 0. The zero-order chi connectivity index (χ0) is 80.8. The van der Waals surface area contributed by atoms with Crippen LogP contribution in [-0.4, -0.2) is 130 Å². The predicted octanol–water partition coefficient (Wildman–Crippen LogP) is 17.9. The van der Waals surface area contributed by atoms with Crippen molar-refractivity contribution in [1.82, 2.24) is 30.2 Å². The Hall–Kier alpha value is -12.1. The van der Waals surface area contributed by atoms with E-state index in [9.17, 15) is 28.8 Å². The monoisotopic (exact) mass is 1530 g/mol. The molecule has 588 valence electrons. The molecule has 2 saturated carbocycles. The fourth-order valence-corrected chi connectivity index (χ4v) is 16.4. The topological polar surface area (TPSA) is 245 Å². The Bertz CT molecular complexity index is 4760. The second-order valence-electron chi connectivity index (χ2n) is 30.7. The number of hydrogen-bond acceptors (Lipinski definition) is 14. The standard InChI is InChI=1S/C94H98N6O14/c1-11-97(63-23-15-13-16-24-63)79(103)53-99-91(107)69-49-75(111-65-37-29-59(30-38-65)21-19-27-73(101)55(3)4)83-85-77(113-67-41-33-61(34-42-67)45-47-95-89(105)57(7)8)51-71-82-72(94(110)100(93(71)109)54-80(104)98(12-2)64-25-17-14-18-26-64)52-78(114-68-43-35-62(36-44-68)46-48-96-90(106)58(9)10)86(88(82)85)84-76(50-70(92(99)108)81(69)87(83)84)112-66-39-31-60(32-40-66)22-20-28-74(102)56(5)6/h29-44,49-52,63-64H,3,5,7,9,11-28,45-48,53-54H2,1-2,4,6,8,10H3,(H,95,105)(H,96,106). The van der Waals surface area contributed by atoms with Crippen LogP contribution < -0.4 is 29.6 Å². The molecule has 4 aliphatic rings. The van der Waals surface area contributed by atoms with Gasteiger partial charge in [-0.1, -0.05) is 113 Å². The molecule has 0 unspecified atom stereocenters. The van der Waals surface area contributed by atoms with Crippen molar-refractivity contribution in [3.05, 3.63) is 214 Å². The molecular weight excluding hydrogens is 1440 g/mol. The van der Waals surface area contributed by atoms with Crippen molar-refractivity contribution in [3.8, 4) is 46.0 Å². The van der Waals surface area contributed by atoms with Crippen LogP contribution in [0.4, 0.5) is 0 Å². The zero-order valence-electron chi connectivity index (χ0n) is 66.0. The Morgan fingerprint density at radius 1 is 0.377 bits per heavy atom. The lowest BCUT2D eigenvalue weighted by Gasteiger charge is -2.36. The highest BCUT2D eigenvalue weighted by Gasteiger charge is 2.44. The van der Waals surface area contributed by atoms with Gasteiger partial charge in [0.2, 0.25) is 23.6 Å². The summed E-state index contributed by atoms with van der Waals surface area (Å²) < 4.78 is 29.2. The van der Waals surface area contributed by atoms with Crippen LogP contribution in [-0.2, 0) is 54.5 Å². The van der Waals surface area contributed by atoms with Crippen molar-refractivity contribution in [3.63, 3.8) is 0 Å². The molecular formula is C94H98N6O14. The van der Waals surface area contributed by atoms with Crippen LogP contribution in [0.15, 0.2) is 170 Å². The smallest absolute Gasteiger partial charge is 0.262 e. The summed E-state index contributed by atoms with van der Waals surface area (Å²) in [6.45, 7) is 25.8. The number of hydrogen-bond donors (Lipinski definition) is 2. The van der Waals surface area contributed by atoms with Gasteiger partial charge in [0.25, 0.3) is 23.6 Å². The van der Waals surface area contributed by atoms with Crippen molar-refractivity contribution in [2.75, 3.05) is 39.3 Å². The highest BCUT2D eigenvalue weighted by atomic mass is 16.5. The molecule has 13 rings (SSSR count). The second kappa shape index (κ2) is 34.9. The molecule has 0 bridgehead atoms. The average Bonchev–Trinajstić information content (AvgIpc) is 0.671. The predicted molar refractivity (Wildman–Crippen MR) is 442 cm³/mol. The van der Waals surface area contributed by atoms with Crippen molar-refractivity contribution in [1.29, 1.82) is 0 Å². The summed E-state index contributed by atoms with van der Waals surface area (Å²) in [4.78, 5) is 151. The number of amides is 8. The Labute approximate surface area is 664 Å². The van der Waals surface area contributed by atoms with Gasteiger partial charge in [0.1, 0.15) is 59.1 Å². The third kappa shape index (κ3) is 17.0. The molecule has 9 aromatic carbocycles. The SMILES string of the molecule is C=C(C)C(=O)CCCc1ccc(Oc2cc3c4c(cc(Oc5ccc(CCCC(=O)C(=C)C)cc5)c5c6c(Oc7ccc(CCNC(=O)C(=C)C)cc7)cc7c8c(cc(Oc9ccc(CCNC(=O)C(=C)C)cc9)c(c2c45)c86)C(=O)N(CC(=O)N(CC)C2CCCCC2)C7=O)C(=O)N(CC(=O)N(CC)C2CCCCC2)C3=O)cc1. The van der Waals surface area contributed by atoms with Gasteiger partial charge in [-0.3, -0.25) is 57.7 Å². The Morgan fingerprint density at radius 3 is 0.904 bits per heavy atom. The lowest BCUT2D eigenvalue weighted by molar-refractivity contribution is -0.135. The first-order valence-corrected chi connectivity index (χ1v) is 39.9. The normalized spacial score (nSPS) is 14.3. The Balaban J connectivity index is 1.11. The number of likely N-dealkylation sites (N-methyl/N-ethyl adjacent to an activating group) is 2. The molecule has 2 aliphatic heterocycles. The molecule has 0 spiro atoms. The fourth-order valence-electron chi connectivity index (χ4n) is 16.4. The van der Waals surface area contributed by atoms with Crippen molar-refractivity contribution in [2.24, 2.45) is 0 Å². The fraction of sp³-hybridized carbons (Fsp3) is 0.340. The lowest BCUT2D eigenvalue weighted by Crippen LogP contribution is -2.50. The number of ether oxygens (including phenoxy) is 4. The van der Waals surface area contributed by atoms with Crippen LogP contribution in [0.2, 0.25) is 0 Å². The molecule has 9 aromatic rings. The van der Waals surface area contributed by atoms with Crippen LogP contribution in [0.1, 0.15) is 195 Å². The lowest BCUT2D eigenvalue weighted by atomic mass is 9.80. The molecule has 0 radical (unpaired) electrons. The molecule has 2 heterocycles. The van der Waals surface area contributed by atoms with Gasteiger partial charge in [0.15, 0.2) is 11.6 Å². The van der Waals surface area contributed by atoms with E-state index in [-0.39, 0.29) is 135 Å². The van der Waals surface area contributed by atoms with Gasteiger partial charge >= 0.3 is 0 Å². The summed E-state index contributed by atoms with van der Waals surface area (Å²) >= 11 is 0. The minimum atomic E-state index is -0.785. The number of carbonyl (C=O) groups excluding carboxylic acids is 10. The van der Waals surface area contributed by atoms with Crippen molar-refractivity contribution < 1.29 is 66.9 Å². The number of nitrogens with one attached hydrogen (secondary N) is 2. The van der Waals surface area contributed by atoms with Gasteiger partial charge in [-0.25, -0.2) is 0 Å². The largest absolute Gasteiger partial charge is 0.457 e. The zero-order valence-corrected chi connectivity index (χ0v) is 66.0. The number of allylic oxidation sites excluding steroid dienone is 2. The number of carbonyl (C=O) groups is 10. The molecule has 20 heteroatoms. The van der Waals surface area contributed by atoms with Crippen molar-refractivity contribution >= 4 is 102 Å². The quantitative estimate of drug-likeness (QED) is 0.0165. The van der Waals surface area contributed by atoms with Gasteiger partial charge in [0.05, 0.1) is 22.3 Å². The maximum absolute atomic E-state index is 16.2. The summed E-state index contributed by atoms with van der Waals surface area (Å²) in [5.74, 6) is -3.23. The molecule has 114 heavy (non-hydrogen) atoms. The van der Waals surface area contributed by atoms with Gasteiger partial charge in [-0.05, 0) is 212 Å². The first kappa shape index (κ1) is 80.0. The molecule has 8 amide bonds. The van der Waals surface area contributed by atoms with E-state index < -0.39 is 48.5 Å². The maximum atomic E-state index is 16.2. The molecule has 20 nitrogen and oxygen atoms in total. The second-order valence-corrected chi connectivity index (χ2v) is 30.7. The van der Waals surface area contributed by atoms with Gasteiger partial charge in [-0.2, -0.15) is 0 Å². The minimum absolute atomic E-state index is 0.00277. The molecule has 2 N–H and O–H groups in total. The summed E-state index contributed by atoms with van der Waals surface area (Å²) in [6, 6.07) is 35.1. The first-order chi connectivity index (χ1) is 54.9. The third-order valence-electron chi connectivity index (χ3n) is 22.5. The van der Waals surface area contributed by atoms with E-state index in [0.29, 0.717) is 111 Å². The molecule has 0 saturated heterocycles. The highest BCUT2D eigenvalue weighted by molar-refractivity contribution is 6.45. The number of aryl methyl sites for hydroxylation is 2. The minimum Gasteiger partial charge on any atom is -0.457 e. The number of imide groups is 2. The summed E-state index contributed by atoms with van der Waals surface area (Å²) in [6.07, 6.45) is 12.6. The van der Waals surface area contributed by atoms with E-state index in [1.807, 2.05) is 62.4 Å². The molecule has 0 aromatic heterocycles. The van der Waals surface area contributed by atoms with E-state index in [2.05, 4.69) is 36.9 Å². The molecule has 2 aliphatic carbocycles. The van der Waals surface area contributed by atoms with Crippen molar-refractivity contribution in [2.45, 2.75) is 169 Å². The van der Waals surface area contributed by atoms with E-state index in [1.165, 1.54) is 0 Å². The van der Waals surface area contributed by atoms with Gasteiger partial charge in [-0.15, -0.1) is 0 Å². The van der Waals surface area contributed by atoms with Crippen LogP contribution in [0.3, 0.4) is 0 Å². The van der Waals surface area contributed by atoms with Gasteiger partial charge < -0.3 is 39.4 Å². The summed E-state index contributed by atoms with van der Waals surface area (Å²) in [5, 5.41) is 7.54. The Kier molecular flexibility index (Phi) is 24.5. The van der Waals surface area contributed by atoms with E-state index in [4.69, 9.17) is 18.9 Å². The molecule has 2 fully saturated rings. The van der Waals surface area contributed by atoms with Crippen LogP contribution >= 0.6 is 0 Å². The van der Waals surface area contributed by atoms with Gasteiger partial charge in [0, 0.05) is 105 Å². The van der Waals surface area contributed by atoms with E-state index in [1.54, 1.807) is 110 Å². The third-order valence-corrected chi connectivity index (χ3v) is 22.5. The number of ketones is 2. The Morgan fingerprint density at radius 2 is 0.649 bits per heavy atom. The van der Waals surface area contributed by atoms with Crippen LogP contribution in [0.25, 0.3) is 43.1 Å². The average molecular weight is 1540 g/mol. The number of benzene rings is 9. The van der Waals surface area contributed by atoms with Crippen LogP contribution in [0.5, 0.6) is 46.0 Å². The van der Waals surface area contributed by atoms with E-state index >= 15 is 19.2 Å². The van der Waals surface area contributed by atoms with E-state index in [0.717, 1.165) is 96.3 Å². The number of rotatable bonds is 34. The highest BCUT2D eigenvalue weighted by Crippen LogP contribution is 2.58. The molecule has 0 atom stereocenters.